The first kappa shape index (κ1) is 18.1. The van der Waals surface area contributed by atoms with E-state index in [0.29, 0.717) is 16.2 Å². The minimum Gasteiger partial charge on any atom is -0.319 e. The van der Waals surface area contributed by atoms with Crippen molar-refractivity contribution in [2.24, 2.45) is 0 Å². The van der Waals surface area contributed by atoms with Crippen molar-refractivity contribution in [1.82, 2.24) is 19.6 Å². The Bertz CT molecular complexity index is 1180. The Morgan fingerprint density at radius 1 is 1.14 bits per heavy atom. The summed E-state index contributed by atoms with van der Waals surface area (Å²) in [5.74, 6) is -0.955. The monoisotopic (exact) mass is 400 g/mol. The number of aromatic nitrogens is 2. The number of halogens is 2. The maximum atomic E-state index is 13.2. The van der Waals surface area contributed by atoms with E-state index in [1.807, 2.05) is 0 Å². The van der Waals surface area contributed by atoms with Crippen LogP contribution in [-0.4, -0.2) is 26.2 Å². The zero-order valence-corrected chi connectivity index (χ0v) is 15.4. The van der Waals surface area contributed by atoms with Crippen molar-refractivity contribution in [3.8, 4) is 0 Å². The quantitative estimate of drug-likeness (QED) is 0.684. The molecule has 3 aromatic rings. The molecule has 142 valence electrons. The van der Waals surface area contributed by atoms with Crippen molar-refractivity contribution < 1.29 is 14.0 Å². The second kappa shape index (κ2) is 6.42. The van der Waals surface area contributed by atoms with Gasteiger partial charge in [-0.15, -0.1) is 0 Å². The SMILES string of the molecule is CC1(c2ccc(F)cc2)NC(=O)N(Cc2cc(=O)n3cc(Cl)ccc3n2)C1=O. The number of urea groups is 1. The standard InChI is InChI=1S/C19H14ClFN4O3/c1-19(11-2-5-13(21)6-3-11)17(27)25(18(28)23-19)10-14-8-16(26)24-9-12(20)4-7-15(24)22-14/h2-9H,10H2,1H3,(H,23,28). The van der Waals surface area contributed by atoms with Gasteiger partial charge in [-0.05, 0) is 36.8 Å². The smallest absolute Gasteiger partial charge is 0.319 e. The molecule has 1 atom stereocenters. The number of amides is 3. The number of nitrogens with one attached hydrogen (secondary N) is 1. The molecule has 2 aromatic heterocycles. The fourth-order valence-corrected chi connectivity index (χ4v) is 3.35. The van der Waals surface area contributed by atoms with Crippen LogP contribution in [0.4, 0.5) is 9.18 Å². The highest BCUT2D eigenvalue weighted by Crippen LogP contribution is 2.29. The number of imide groups is 1. The van der Waals surface area contributed by atoms with Gasteiger partial charge in [-0.25, -0.2) is 14.2 Å². The topological polar surface area (TPSA) is 83.8 Å². The van der Waals surface area contributed by atoms with E-state index in [0.717, 1.165) is 4.90 Å². The molecule has 0 radical (unpaired) electrons. The molecule has 3 heterocycles. The van der Waals surface area contributed by atoms with Gasteiger partial charge in [-0.2, -0.15) is 0 Å². The van der Waals surface area contributed by atoms with Gasteiger partial charge in [-0.1, -0.05) is 23.7 Å². The number of carbonyl (C=O) groups excluding carboxylic acids is 2. The van der Waals surface area contributed by atoms with Crippen LogP contribution >= 0.6 is 11.6 Å². The molecule has 1 aliphatic rings. The molecule has 1 saturated heterocycles. The lowest BCUT2D eigenvalue weighted by atomic mass is 9.92. The maximum Gasteiger partial charge on any atom is 0.325 e. The van der Waals surface area contributed by atoms with E-state index < -0.39 is 23.3 Å². The average molecular weight is 401 g/mol. The predicted molar refractivity (Wildman–Crippen MR) is 99.3 cm³/mol. The molecule has 7 nitrogen and oxygen atoms in total. The summed E-state index contributed by atoms with van der Waals surface area (Å²) in [5, 5.41) is 3.01. The van der Waals surface area contributed by atoms with Crippen LogP contribution in [0.2, 0.25) is 5.02 Å². The minimum atomic E-state index is -1.33. The van der Waals surface area contributed by atoms with Crippen LogP contribution in [0.15, 0.2) is 53.5 Å². The number of carbonyl (C=O) groups is 2. The molecule has 9 heteroatoms. The highest BCUT2D eigenvalue weighted by Gasteiger charge is 2.49. The molecular formula is C19H14ClFN4O3. The second-order valence-corrected chi connectivity index (χ2v) is 7.05. The summed E-state index contributed by atoms with van der Waals surface area (Å²) in [6.45, 7) is 1.38. The molecular weight excluding hydrogens is 387 g/mol. The molecule has 1 aliphatic heterocycles. The van der Waals surface area contributed by atoms with E-state index in [4.69, 9.17) is 11.6 Å². The highest BCUT2D eigenvalue weighted by atomic mass is 35.5. The number of fused-ring (bicyclic) bond motifs is 1. The van der Waals surface area contributed by atoms with Crippen molar-refractivity contribution in [3.63, 3.8) is 0 Å². The van der Waals surface area contributed by atoms with Crippen LogP contribution in [-0.2, 0) is 16.9 Å². The predicted octanol–water partition coefficient (Wildman–Crippen LogP) is 2.45. The number of pyridine rings is 1. The number of nitrogens with zero attached hydrogens (tertiary/aromatic N) is 3. The van der Waals surface area contributed by atoms with Gasteiger partial charge in [0.15, 0.2) is 0 Å². The summed E-state index contributed by atoms with van der Waals surface area (Å²) in [4.78, 5) is 43.0. The zero-order valence-electron chi connectivity index (χ0n) is 14.6. The summed E-state index contributed by atoms with van der Waals surface area (Å²) >= 11 is 5.89. The van der Waals surface area contributed by atoms with Crippen molar-refractivity contribution in [1.29, 1.82) is 0 Å². The maximum absolute atomic E-state index is 13.2. The Balaban J connectivity index is 1.67. The second-order valence-electron chi connectivity index (χ2n) is 6.61. The van der Waals surface area contributed by atoms with Gasteiger partial charge >= 0.3 is 6.03 Å². The lowest BCUT2D eigenvalue weighted by Crippen LogP contribution is -2.40. The van der Waals surface area contributed by atoms with Crippen LogP contribution in [0.3, 0.4) is 0 Å². The molecule has 1 fully saturated rings. The molecule has 3 amide bonds. The fraction of sp³-hybridized carbons (Fsp3) is 0.158. The largest absolute Gasteiger partial charge is 0.325 e. The van der Waals surface area contributed by atoms with Gasteiger partial charge in [0.2, 0.25) is 0 Å². The molecule has 1 N–H and O–H groups in total. The van der Waals surface area contributed by atoms with E-state index in [1.165, 1.54) is 40.9 Å². The molecule has 0 saturated carbocycles. The van der Waals surface area contributed by atoms with Crippen LogP contribution in [0.1, 0.15) is 18.2 Å². The number of rotatable bonds is 3. The summed E-state index contributed by atoms with van der Waals surface area (Å²) in [5.41, 5.74) is -0.643. The summed E-state index contributed by atoms with van der Waals surface area (Å²) in [6, 6.07) is 9.13. The highest BCUT2D eigenvalue weighted by molar-refractivity contribution is 6.30. The van der Waals surface area contributed by atoms with Crippen LogP contribution in [0.25, 0.3) is 5.65 Å². The van der Waals surface area contributed by atoms with Crippen LogP contribution < -0.4 is 10.9 Å². The Morgan fingerprint density at radius 3 is 2.57 bits per heavy atom. The molecule has 1 aromatic carbocycles. The third-order valence-corrected chi connectivity index (χ3v) is 4.92. The van der Waals surface area contributed by atoms with Crippen molar-refractivity contribution in [2.45, 2.75) is 19.0 Å². The first-order valence-corrected chi connectivity index (χ1v) is 8.74. The lowest BCUT2D eigenvalue weighted by molar-refractivity contribution is -0.131. The fourth-order valence-electron chi connectivity index (χ4n) is 3.19. The number of hydrogen-bond acceptors (Lipinski definition) is 4. The molecule has 0 aliphatic carbocycles. The third kappa shape index (κ3) is 2.91. The lowest BCUT2D eigenvalue weighted by Gasteiger charge is -2.22. The normalized spacial score (nSPS) is 19.3. The molecule has 1 unspecified atom stereocenters. The molecule has 0 bridgehead atoms. The van der Waals surface area contributed by atoms with Gasteiger partial charge in [0.25, 0.3) is 11.5 Å². The summed E-state index contributed by atoms with van der Waals surface area (Å²) in [6.07, 6.45) is 1.44. The van der Waals surface area contributed by atoms with E-state index in [2.05, 4.69) is 10.3 Å². The molecule has 4 rings (SSSR count). The Hall–Kier alpha value is -3.26. The van der Waals surface area contributed by atoms with E-state index in [9.17, 15) is 18.8 Å². The third-order valence-electron chi connectivity index (χ3n) is 4.69. The van der Waals surface area contributed by atoms with Gasteiger partial charge in [-0.3, -0.25) is 18.9 Å². The van der Waals surface area contributed by atoms with Crippen molar-refractivity contribution in [3.05, 3.63) is 81.1 Å². The van der Waals surface area contributed by atoms with Crippen molar-refractivity contribution in [2.75, 3.05) is 0 Å². The zero-order chi connectivity index (χ0) is 20.1. The van der Waals surface area contributed by atoms with Gasteiger partial charge in [0, 0.05) is 12.3 Å². The molecule has 28 heavy (non-hydrogen) atoms. The number of hydrogen-bond donors (Lipinski definition) is 1. The Morgan fingerprint density at radius 2 is 1.86 bits per heavy atom. The first-order chi connectivity index (χ1) is 13.3. The van der Waals surface area contributed by atoms with Crippen LogP contribution in [0.5, 0.6) is 0 Å². The van der Waals surface area contributed by atoms with Gasteiger partial charge in [0.1, 0.15) is 17.0 Å². The summed E-state index contributed by atoms with van der Waals surface area (Å²) < 4.78 is 14.5. The molecule has 0 spiro atoms. The van der Waals surface area contributed by atoms with Crippen LogP contribution in [0, 0.1) is 5.82 Å². The van der Waals surface area contributed by atoms with Crippen molar-refractivity contribution >= 4 is 29.2 Å². The van der Waals surface area contributed by atoms with Gasteiger partial charge in [0.05, 0.1) is 17.3 Å². The average Bonchev–Trinajstić information content (AvgIpc) is 2.87. The Kier molecular flexibility index (Phi) is 4.15. The van der Waals surface area contributed by atoms with Gasteiger partial charge < -0.3 is 5.32 Å². The minimum absolute atomic E-state index is 0.171. The Labute approximate surface area is 163 Å². The summed E-state index contributed by atoms with van der Waals surface area (Å²) in [7, 11) is 0. The van der Waals surface area contributed by atoms with E-state index >= 15 is 0 Å². The number of benzene rings is 1. The van der Waals surface area contributed by atoms with E-state index in [1.54, 1.807) is 19.1 Å². The first-order valence-electron chi connectivity index (χ1n) is 8.36. The van der Waals surface area contributed by atoms with E-state index in [-0.39, 0.29) is 17.8 Å².